The molecule has 0 aromatic carbocycles. The van der Waals surface area contributed by atoms with Crippen LogP contribution in [0.3, 0.4) is 0 Å². The minimum Gasteiger partial charge on any atom is -0.444 e. The highest BCUT2D eigenvalue weighted by atomic mass is 16.6. The molecular formula is C19H32N4O2. The maximum atomic E-state index is 11.9. The van der Waals surface area contributed by atoms with Gasteiger partial charge in [-0.3, -0.25) is 0 Å². The molecule has 1 aromatic heterocycles. The number of alkyl carbamates (subject to hydrolysis) is 1. The second kappa shape index (κ2) is 8.50. The minimum absolute atomic E-state index is 0.161. The van der Waals surface area contributed by atoms with E-state index < -0.39 is 5.60 Å². The van der Waals surface area contributed by atoms with Crippen molar-refractivity contribution in [3.05, 3.63) is 17.6 Å². The Morgan fingerprint density at radius 1 is 1.32 bits per heavy atom. The number of piperidine rings is 1. The van der Waals surface area contributed by atoms with E-state index in [0.29, 0.717) is 0 Å². The molecule has 0 saturated carbocycles. The zero-order valence-corrected chi connectivity index (χ0v) is 16.3. The van der Waals surface area contributed by atoms with E-state index in [4.69, 9.17) is 9.72 Å². The van der Waals surface area contributed by atoms with Crippen LogP contribution >= 0.6 is 0 Å². The third-order valence-corrected chi connectivity index (χ3v) is 4.18. The molecule has 1 amide bonds. The van der Waals surface area contributed by atoms with E-state index in [1.165, 1.54) is 0 Å². The summed E-state index contributed by atoms with van der Waals surface area (Å²) in [5, 5.41) is 2.98. The van der Waals surface area contributed by atoms with E-state index in [9.17, 15) is 4.79 Å². The van der Waals surface area contributed by atoms with Gasteiger partial charge in [-0.25, -0.2) is 14.8 Å². The Balaban J connectivity index is 1.89. The third-order valence-electron chi connectivity index (χ3n) is 4.18. The van der Waals surface area contributed by atoms with Gasteiger partial charge in [0.05, 0.1) is 0 Å². The van der Waals surface area contributed by atoms with Crippen LogP contribution in [-0.4, -0.2) is 40.8 Å². The molecule has 0 aliphatic carbocycles. The summed E-state index contributed by atoms with van der Waals surface area (Å²) in [5.74, 6) is 1.94. The largest absolute Gasteiger partial charge is 0.444 e. The van der Waals surface area contributed by atoms with Crippen LogP contribution in [0.25, 0.3) is 0 Å². The van der Waals surface area contributed by atoms with Crippen molar-refractivity contribution in [3.8, 4) is 0 Å². The first-order valence-electron chi connectivity index (χ1n) is 9.36. The molecule has 1 saturated heterocycles. The van der Waals surface area contributed by atoms with Crippen LogP contribution in [0.1, 0.15) is 64.9 Å². The standard InChI is InChI=1S/C19H32N4O2/c1-6-7-8-16-20-14(2)13-17(22-16)23-11-9-15(10-12-23)21-18(24)25-19(3,4)5/h13,15H,6-12H2,1-5H3,(H,21,24). The summed E-state index contributed by atoms with van der Waals surface area (Å²) in [4.78, 5) is 23.5. The first-order chi connectivity index (χ1) is 11.8. The van der Waals surface area contributed by atoms with Gasteiger partial charge < -0.3 is 15.0 Å². The number of aromatic nitrogens is 2. The molecule has 6 nitrogen and oxygen atoms in total. The van der Waals surface area contributed by atoms with E-state index in [1.54, 1.807) is 0 Å². The van der Waals surface area contributed by atoms with E-state index in [1.807, 2.05) is 27.7 Å². The van der Waals surface area contributed by atoms with Crippen molar-refractivity contribution in [2.24, 2.45) is 0 Å². The fourth-order valence-corrected chi connectivity index (χ4v) is 2.95. The number of nitrogens with zero attached hydrogens (tertiary/aromatic N) is 3. The highest BCUT2D eigenvalue weighted by molar-refractivity contribution is 5.68. The second-order valence-electron chi connectivity index (χ2n) is 7.79. The molecule has 25 heavy (non-hydrogen) atoms. The molecule has 0 radical (unpaired) electrons. The molecule has 0 unspecified atom stereocenters. The van der Waals surface area contributed by atoms with Gasteiger partial charge in [-0.2, -0.15) is 0 Å². The average Bonchev–Trinajstić information content (AvgIpc) is 2.51. The SMILES string of the molecule is CCCCc1nc(C)cc(N2CCC(NC(=O)OC(C)(C)C)CC2)n1. The number of carbonyl (C=O) groups is 1. The van der Waals surface area contributed by atoms with Crippen LogP contribution in [0, 0.1) is 6.92 Å². The first kappa shape index (κ1) is 19.5. The number of unbranched alkanes of at least 4 members (excludes halogenated alkanes) is 1. The van der Waals surface area contributed by atoms with Gasteiger partial charge in [-0.1, -0.05) is 13.3 Å². The maximum Gasteiger partial charge on any atom is 0.407 e. The molecule has 0 bridgehead atoms. The number of amides is 1. The molecule has 0 spiro atoms. The third kappa shape index (κ3) is 6.52. The van der Waals surface area contributed by atoms with Crippen molar-refractivity contribution in [1.82, 2.24) is 15.3 Å². The Morgan fingerprint density at radius 2 is 2.00 bits per heavy atom. The van der Waals surface area contributed by atoms with Crippen molar-refractivity contribution in [2.75, 3.05) is 18.0 Å². The summed E-state index contributed by atoms with van der Waals surface area (Å²) in [5.41, 5.74) is 0.558. The summed E-state index contributed by atoms with van der Waals surface area (Å²) in [6, 6.07) is 2.21. The number of aryl methyl sites for hydroxylation is 2. The number of ether oxygens (including phenoxy) is 1. The predicted octanol–water partition coefficient (Wildman–Crippen LogP) is 3.62. The van der Waals surface area contributed by atoms with Crippen LogP contribution < -0.4 is 10.2 Å². The number of hydrogen-bond acceptors (Lipinski definition) is 5. The van der Waals surface area contributed by atoms with Gasteiger partial charge in [0.15, 0.2) is 0 Å². The topological polar surface area (TPSA) is 67.4 Å². The molecule has 1 aliphatic rings. The molecule has 1 N–H and O–H groups in total. The Kier molecular flexibility index (Phi) is 6.62. The van der Waals surface area contributed by atoms with E-state index >= 15 is 0 Å². The smallest absolute Gasteiger partial charge is 0.407 e. The summed E-state index contributed by atoms with van der Waals surface area (Å²) in [7, 11) is 0. The van der Waals surface area contributed by atoms with Gasteiger partial charge in [-0.05, 0) is 47.0 Å². The van der Waals surface area contributed by atoms with Gasteiger partial charge in [-0.15, -0.1) is 0 Å². The molecular weight excluding hydrogens is 316 g/mol. The first-order valence-corrected chi connectivity index (χ1v) is 9.36. The molecule has 2 heterocycles. The van der Waals surface area contributed by atoms with Gasteiger partial charge in [0.1, 0.15) is 17.2 Å². The fourth-order valence-electron chi connectivity index (χ4n) is 2.95. The maximum absolute atomic E-state index is 11.9. The van der Waals surface area contributed by atoms with Crippen LogP contribution in [0.2, 0.25) is 0 Å². The molecule has 1 aliphatic heterocycles. The van der Waals surface area contributed by atoms with Crippen LogP contribution in [0.15, 0.2) is 6.07 Å². The summed E-state index contributed by atoms with van der Waals surface area (Å²) < 4.78 is 5.34. The van der Waals surface area contributed by atoms with Gasteiger partial charge in [0.25, 0.3) is 0 Å². The van der Waals surface area contributed by atoms with Crippen molar-refractivity contribution in [1.29, 1.82) is 0 Å². The van der Waals surface area contributed by atoms with Gasteiger partial charge in [0.2, 0.25) is 0 Å². The lowest BCUT2D eigenvalue weighted by Gasteiger charge is -2.33. The minimum atomic E-state index is -0.460. The lowest BCUT2D eigenvalue weighted by Crippen LogP contribution is -2.46. The molecule has 1 fully saturated rings. The molecule has 6 heteroatoms. The highest BCUT2D eigenvalue weighted by Gasteiger charge is 2.24. The lowest BCUT2D eigenvalue weighted by molar-refractivity contribution is 0.0497. The Morgan fingerprint density at radius 3 is 2.60 bits per heavy atom. The quantitative estimate of drug-likeness (QED) is 0.880. The second-order valence-corrected chi connectivity index (χ2v) is 7.79. The van der Waals surface area contributed by atoms with Crippen molar-refractivity contribution >= 4 is 11.9 Å². The monoisotopic (exact) mass is 348 g/mol. The van der Waals surface area contributed by atoms with E-state index in [0.717, 1.165) is 62.5 Å². The molecule has 140 valence electrons. The van der Waals surface area contributed by atoms with E-state index in [-0.39, 0.29) is 12.1 Å². The van der Waals surface area contributed by atoms with E-state index in [2.05, 4.69) is 28.2 Å². The number of nitrogens with one attached hydrogen (secondary N) is 1. The normalized spacial score (nSPS) is 16.0. The molecule has 1 aromatic rings. The van der Waals surface area contributed by atoms with Crippen molar-refractivity contribution in [2.45, 2.75) is 78.4 Å². The number of anilines is 1. The van der Waals surface area contributed by atoms with Gasteiger partial charge in [0, 0.05) is 37.3 Å². The number of hydrogen-bond donors (Lipinski definition) is 1. The van der Waals surface area contributed by atoms with Crippen molar-refractivity contribution in [3.63, 3.8) is 0 Å². The zero-order valence-electron chi connectivity index (χ0n) is 16.3. The predicted molar refractivity (Wildman–Crippen MR) is 100.0 cm³/mol. The van der Waals surface area contributed by atoms with Crippen LogP contribution in [0.4, 0.5) is 10.6 Å². The Labute approximate surface area is 151 Å². The molecule has 0 atom stereocenters. The lowest BCUT2D eigenvalue weighted by atomic mass is 10.1. The summed E-state index contributed by atoms with van der Waals surface area (Å²) >= 11 is 0. The highest BCUT2D eigenvalue weighted by Crippen LogP contribution is 2.20. The van der Waals surface area contributed by atoms with Crippen molar-refractivity contribution < 1.29 is 9.53 Å². The number of rotatable bonds is 5. The summed E-state index contributed by atoms with van der Waals surface area (Å²) in [6.07, 6.45) is 4.66. The van der Waals surface area contributed by atoms with Crippen LogP contribution in [0.5, 0.6) is 0 Å². The van der Waals surface area contributed by atoms with Gasteiger partial charge >= 0.3 is 6.09 Å². The summed E-state index contributed by atoms with van der Waals surface area (Å²) in [6.45, 7) is 11.6. The Hall–Kier alpha value is -1.85. The average molecular weight is 348 g/mol. The zero-order chi connectivity index (χ0) is 18.4. The number of carbonyl (C=O) groups excluding carboxylic acids is 1. The molecule has 2 rings (SSSR count). The fraction of sp³-hybridized carbons (Fsp3) is 0.737. The Bertz CT molecular complexity index is 575. The van der Waals surface area contributed by atoms with Crippen LogP contribution in [-0.2, 0) is 11.2 Å².